The summed E-state index contributed by atoms with van der Waals surface area (Å²) in [6, 6.07) is 3.68. The molecule has 0 unspecified atom stereocenters. The molecule has 0 aliphatic heterocycles. The van der Waals surface area contributed by atoms with Gasteiger partial charge in [0.15, 0.2) is 0 Å². The average Bonchev–Trinajstić information content (AvgIpc) is 2.08. The van der Waals surface area contributed by atoms with E-state index in [4.69, 9.17) is 0 Å². The van der Waals surface area contributed by atoms with Gasteiger partial charge in [0, 0.05) is 5.56 Å². The molecule has 0 atom stereocenters. The third-order valence-electron chi connectivity index (χ3n) is 1.76. The number of nitro groups is 1. The highest BCUT2D eigenvalue weighted by molar-refractivity contribution is 5.40. The molecule has 0 radical (unpaired) electrons. The van der Waals surface area contributed by atoms with E-state index in [0.29, 0.717) is 12.0 Å². The van der Waals surface area contributed by atoms with Crippen LogP contribution in [0.5, 0.6) is 0 Å². The van der Waals surface area contributed by atoms with E-state index in [1.165, 1.54) is 12.1 Å². The Morgan fingerprint density at radius 3 is 2.77 bits per heavy atom. The Kier molecular flexibility index (Phi) is 2.95. The molecule has 1 rings (SSSR count). The van der Waals surface area contributed by atoms with Crippen LogP contribution in [0.25, 0.3) is 0 Å². The monoisotopic (exact) mass is 183 g/mol. The zero-order valence-corrected chi connectivity index (χ0v) is 7.29. The van der Waals surface area contributed by atoms with Crippen LogP contribution in [0.1, 0.15) is 18.9 Å². The van der Waals surface area contributed by atoms with Gasteiger partial charge in [-0.25, -0.2) is 4.39 Å². The SMILES string of the molecule is CCCc1ccc(F)cc1[N+](=O)[O-]. The summed E-state index contributed by atoms with van der Waals surface area (Å²) >= 11 is 0. The maximum Gasteiger partial charge on any atom is 0.275 e. The van der Waals surface area contributed by atoms with Gasteiger partial charge >= 0.3 is 0 Å². The largest absolute Gasteiger partial charge is 0.275 e. The molecule has 4 heteroatoms. The molecule has 0 spiro atoms. The molecule has 0 saturated carbocycles. The van der Waals surface area contributed by atoms with E-state index in [0.717, 1.165) is 12.5 Å². The summed E-state index contributed by atoms with van der Waals surface area (Å²) in [5, 5.41) is 10.5. The first-order valence-corrected chi connectivity index (χ1v) is 4.08. The van der Waals surface area contributed by atoms with Crippen molar-refractivity contribution >= 4 is 5.69 Å². The molecule has 70 valence electrons. The van der Waals surface area contributed by atoms with Gasteiger partial charge in [-0.1, -0.05) is 13.3 Å². The number of hydrogen-bond donors (Lipinski definition) is 0. The van der Waals surface area contributed by atoms with E-state index in [1.807, 2.05) is 6.92 Å². The van der Waals surface area contributed by atoms with Crippen LogP contribution in [0.3, 0.4) is 0 Å². The van der Waals surface area contributed by atoms with Gasteiger partial charge in [0.05, 0.1) is 11.0 Å². The molecule has 13 heavy (non-hydrogen) atoms. The fraction of sp³-hybridized carbons (Fsp3) is 0.333. The summed E-state index contributed by atoms with van der Waals surface area (Å²) in [6.45, 7) is 1.92. The molecule has 0 amide bonds. The van der Waals surface area contributed by atoms with Crippen molar-refractivity contribution < 1.29 is 9.31 Å². The van der Waals surface area contributed by atoms with E-state index in [9.17, 15) is 14.5 Å². The number of nitro benzene ring substituents is 1. The van der Waals surface area contributed by atoms with Crippen molar-refractivity contribution in [1.29, 1.82) is 0 Å². The lowest BCUT2D eigenvalue weighted by Crippen LogP contribution is -1.95. The van der Waals surface area contributed by atoms with Crippen LogP contribution < -0.4 is 0 Å². The Hall–Kier alpha value is -1.45. The minimum absolute atomic E-state index is 0.123. The minimum atomic E-state index is -0.563. The Balaban J connectivity index is 3.10. The first-order valence-electron chi connectivity index (χ1n) is 4.08. The Morgan fingerprint density at radius 2 is 2.23 bits per heavy atom. The minimum Gasteiger partial charge on any atom is -0.258 e. The van der Waals surface area contributed by atoms with Crippen LogP contribution in [0.4, 0.5) is 10.1 Å². The van der Waals surface area contributed by atoms with Crippen LogP contribution in [0, 0.1) is 15.9 Å². The van der Waals surface area contributed by atoms with Gasteiger partial charge in [0.25, 0.3) is 5.69 Å². The van der Waals surface area contributed by atoms with Crippen molar-refractivity contribution in [1.82, 2.24) is 0 Å². The summed E-state index contributed by atoms with van der Waals surface area (Å²) in [7, 11) is 0. The molecule has 0 bridgehead atoms. The highest BCUT2D eigenvalue weighted by Gasteiger charge is 2.13. The second-order valence-corrected chi connectivity index (χ2v) is 2.78. The van der Waals surface area contributed by atoms with Crippen molar-refractivity contribution in [2.24, 2.45) is 0 Å². The van der Waals surface area contributed by atoms with Crippen LogP contribution in [-0.4, -0.2) is 4.92 Å². The average molecular weight is 183 g/mol. The Bertz CT molecular complexity index is 325. The van der Waals surface area contributed by atoms with Crippen LogP contribution in [-0.2, 0) is 6.42 Å². The summed E-state index contributed by atoms with van der Waals surface area (Å²) in [4.78, 5) is 9.94. The zero-order valence-electron chi connectivity index (χ0n) is 7.29. The number of nitrogens with zero attached hydrogens (tertiary/aromatic N) is 1. The molecule has 0 aliphatic rings. The highest BCUT2D eigenvalue weighted by Crippen LogP contribution is 2.20. The van der Waals surface area contributed by atoms with Gasteiger partial charge in [-0.2, -0.15) is 0 Å². The van der Waals surface area contributed by atoms with Crippen LogP contribution in [0.15, 0.2) is 18.2 Å². The number of hydrogen-bond acceptors (Lipinski definition) is 2. The van der Waals surface area contributed by atoms with Gasteiger partial charge in [-0.3, -0.25) is 10.1 Å². The predicted molar refractivity (Wildman–Crippen MR) is 47.0 cm³/mol. The number of rotatable bonds is 3. The molecular weight excluding hydrogens is 173 g/mol. The highest BCUT2D eigenvalue weighted by atomic mass is 19.1. The van der Waals surface area contributed by atoms with Gasteiger partial charge in [-0.05, 0) is 18.6 Å². The van der Waals surface area contributed by atoms with Gasteiger partial charge < -0.3 is 0 Å². The smallest absolute Gasteiger partial charge is 0.258 e. The molecule has 0 aliphatic carbocycles. The lowest BCUT2D eigenvalue weighted by Gasteiger charge is -2.00. The number of halogens is 1. The van der Waals surface area contributed by atoms with Gasteiger partial charge in [-0.15, -0.1) is 0 Å². The fourth-order valence-corrected chi connectivity index (χ4v) is 1.19. The van der Waals surface area contributed by atoms with Crippen LogP contribution in [0.2, 0.25) is 0 Å². The first-order chi connectivity index (χ1) is 6.15. The molecule has 0 saturated heterocycles. The normalized spacial score (nSPS) is 10.0. The predicted octanol–water partition coefficient (Wildman–Crippen LogP) is 2.69. The third-order valence-corrected chi connectivity index (χ3v) is 1.76. The van der Waals surface area contributed by atoms with Crippen molar-refractivity contribution in [2.75, 3.05) is 0 Å². The van der Waals surface area contributed by atoms with Gasteiger partial charge in [0.2, 0.25) is 0 Å². The summed E-state index contributed by atoms with van der Waals surface area (Å²) in [5.41, 5.74) is 0.468. The number of benzene rings is 1. The van der Waals surface area contributed by atoms with E-state index in [2.05, 4.69) is 0 Å². The van der Waals surface area contributed by atoms with Crippen molar-refractivity contribution in [3.05, 3.63) is 39.7 Å². The first kappa shape index (κ1) is 9.64. The molecule has 1 aromatic rings. The summed E-state index contributed by atoms with van der Waals surface area (Å²) < 4.78 is 12.6. The van der Waals surface area contributed by atoms with Crippen molar-refractivity contribution in [3.8, 4) is 0 Å². The lowest BCUT2D eigenvalue weighted by molar-refractivity contribution is -0.385. The standard InChI is InChI=1S/C9H10FNO2/c1-2-3-7-4-5-8(10)6-9(7)11(12)13/h4-6H,2-3H2,1H3. The van der Waals surface area contributed by atoms with Gasteiger partial charge in [0.1, 0.15) is 5.82 Å². The second-order valence-electron chi connectivity index (χ2n) is 2.78. The molecule has 0 N–H and O–H groups in total. The third kappa shape index (κ3) is 2.24. The summed E-state index contributed by atoms with van der Waals surface area (Å²) in [5.74, 6) is -0.563. The fourth-order valence-electron chi connectivity index (χ4n) is 1.19. The quantitative estimate of drug-likeness (QED) is 0.534. The van der Waals surface area contributed by atoms with E-state index < -0.39 is 10.7 Å². The maximum atomic E-state index is 12.6. The number of aryl methyl sites for hydroxylation is 1. The molecule has 1 aromatic carbocycles. The Morgan fingerprint density at radius 1 is 1.54 bits per heavy atom. The topological polar surface area (TPSA) is 43.1 Å². The summed E-state index contributed by atoms with van der Waals surface area (Å²) in [6.07, 6.45) is 1.42. The molecule has 0 heterocycles. The molecule has 0 aromatic heterocycles. The Labute approximate surface area is 75.3 Å². The van der Waals surface area contributed by atoms with E-state index in [-0.39, 0.29) is 5.69 Å². The van der Waals surface area contributed by atoms with Crippen molar-refractivity contribution in [3.63, 3.8) is 0 Å². The molecule has 0 fully saturated rings. The molecule has 3 nitrogen and oxygen atoms in total. The van der Waals surface area contributed by atoms with Crippen molar-refractivity contribution in [2.45, 2.75) is 19.8 Å². The molecular formula is C9H10FNO2. The van der Waals surface area contributed by atoms with Crippen LogP contribution >= 0.6 is 0 Å². The van der Waals surface area contributed by atoms with E-state index in [1.54, 1.807) is 0 Å². The zero-order chi connectivity index (χ0) is 9.84. The second kappa shape index (κ2) is 3.98. The lowest BCUT2D eigenvalue weighted by atomic mass is 10.1. The van der Waals surface area contributed by atoms with E-state index >= 15 is 0 Å². The maximum absolute atomic E-state index is 12.6.